The average Bonchev–Trinajstić information content (AvgIpc) is 2.85. The maximum Gasteiger partial charge on any atom is 0.325 e. The molecule has 0 spiro atoms. The molecule has 1 aliphatic heterocycles. The summed E-state index contributed by atoms with van der Waals surface area (Å²) in [6.45, 7) is 0.345. The van der Waals surface area contributed by atoms with Crippen molar-refractivity contribution < 1.29 is 14.7 Å². The van der Waals surface area contributed by atoms with Crippen molar-refractivity contribution in [1.29, 1.82) is 0 Å². The first kappa shape index (κ1) is 11.0. The highest BCUT2D eigenvalue weighted by Crippen LogP contribution is 2.20. The van der Waals surface area contributed by atoms with Gasteiger partial charge in [-0.3, -0.25) is 9.59 Å². The zero-order valence-corrected chi connectivity index (χ0v) is 9.11. The SMILES string of the molecule is NC1(C(=O)O)CCN(C(=O)c2csnn2)C1. The van der Waals surface area contributed by atoms with Crippen LogP contribution in [-0.2, 0) is 4.79 Å². The van der Waals surface area contributed by atoms with Gasteiger partial charge in [0.15, 0.2) is 5.69 Å². The monoisotopic (exact) mass is 242 g/mol. The van der Waals surface area contributed by atoms with E-state index < -0.39 is 11.5 Å². The second kappa shape index (κ2) is 3.80. The Morgan fingerprint density at radius 3 is 2.88 bits per heavy atom. The van der Waals surface area contributed by atoms with Gasteiger partial charge < -0.3 is 15.7 Å². The number of amides is 1. The quantitative estimate of drug-likeness (QED) is 0.700. The number of carboxylic acid groups (broad SMARTS) is 1. The van der Waals surface area contributed by atoms with Crippen molar-refractivity contribution >= 4 is 23.4 Å². The van der Waals surface area contributed by atoms with Crippen molar-refractivity contribution in [1.82, 2.24) is 14.5 Å². The fourth-order valence-corrected chi connectivity index (χ4v) is 2.03. The van der Waals surface area contributed by atoms with Crippen LogP contribution < -0.4 is 5.73 Å². The van der Waals surface area contributed by atoms with Crippen LogP contribution in [0.25, 0.3) is 0 Å². The smallest absolute Gasteiger partial charge is 0.325 e. The number of aromatic nitrogens is 2. The van der Waals surface area contributed by atoms with E-state index in [0.29, 0.717) is 6.54 Å². The maximum absolute atomic E-state index is 11.8. The molecule has 8 heteroatoms. The normalized spacial score (nSPS) is 24.7. The van der Waals surface area contributed by atoms with Gasteiger partial charge in [0.05, 0.1) is 0 Å². The molecule has 7 nitrogen and oxygen atoms in total. The topological polar surface area (TPSA) is 109 Å². The summed E-state index contributed by atoms with van der Waals surface area (Å²) in [5.41, 5.74) is 4.56. The molecule has 1 aromatic rings. The Morgan fingerprint density at radius 1 is 1.62 bits per heavy atom. The van der Waals surface area contributed by atoms with E-state index in [4.69, 9.17) is 10.8 Å². The molecule has 16 heavy (non-hydrogen) atoms. The van der Waals surface area contributed by atoms with Gasteiger partial charge in [0.1, 0.15) is 5.54 Å². The van der Waals surface area contributed by atoms with E-state index in [0.717, 1.165) is 11.5 Å². The minimum absolute atomic E-state index is 0.0126. The molecule has 3 N–H and O–H groups in total. The molecule has 1 saturated heterocycles. The van der Waals surface area contributed by atoms with Gasteiger partial charge in [-0.05, 0) is 18.0 Å². The predicted molar refractivity (Wildman–Crippen MR) is 55.0 cm³/mol. The lowest BCUT2D eigenvalue weighted by Gasteiger charge is -2.19. The summed E-state index contributed by atoms with van der Waals surface area (Å²) in [5.74, 6) is -1.40. The Kier molecular flexibility index (Phi) is 2.60. The number of nitrogens with two attached hydrogens (primary N) is 1. The number of carbonyl (C=O) groups is 2. The van der Waals surface area contributed by atoms with E-state index in [1.165, 1.54) is 10.3 Å². The maximum atomic E-state index is 11.8. The molecule has 1 atom stereocenters. The molecular formula is C8H10N4O3S. The van der Waals surface area contributed by atoms with E-state index in [1.807, 2.05) is 0 Å². The van der Waals surface area contributed by atoms with Crippen molar-refractivity contribution in [2.24, 2.45) is 5.73 Å². The Balaban J connectivity index is 2.10. The standard InChI is InChI=1S/C8H10N4O3S/c9-8(7(14)15)1-2-12(4-8)6(13)5-3-16-11-10-5/h3H,1-2,4,9H2,(H,14,15). The molecule has 1 fully saturated rings. The van der Waals surface area contributed by atoms with E-state index in [-0.39, 0.29) is 24.6 Å². The summed E-state index contributed by atoms with van der Waals surface area (Å²) in [5, 5.41) is 14.1. The van der Waals surface area contributed by atoms with Crippen LogP contribution in [0.2, 0.25) is 0 Å². The van der Waals surface area contributed by atoms with E-state index in [9.17, 15) is 9.59 Å². The number of hydrogen-bond donors (Lipinski definition) is 2. The van der Waals surface area contributed by atoms with Gasteiger partial charge in [-0.1, -0.05) is 4.49 Å². The first-order valence-corrected chi connectivity index (χ1v) is 5.45. The molecule has 1 aliphatic rings. The highest BCUT2D eigenvalue weighted by molar-refractivity contribution is 7.03. The van der Waals surface area contributed by atoms with Gasteiger partial charge in [0.2, 0.25) is 0 Å². The molecule has 2 heterocycles. The summed E-state index contributed by atoms with van der Waals surface area (Å²) in [7, 11) is 0. The number of carbonyl (C=O) groups excluding carboxylic acids is 1. The largest absolute Gasteiger partial charge is 0.480 e. The Bertz CT molecular complexity index is 421. The first-order chi connectivity index (χ1) is 7.53. The zero-order valence-electron chi connectivity index (χ0n) is 8.29. The summed E-state index contributed by atoms with van der Waals surface area (Å²) in [6.07, 6.45) is 0.256. The zero-order chi connectivity index (χ0) is 11.8. The number of hydrogen-bond acceptors (Lipinski definition) is 6. The average molecular weight is 242 g/mol. The van der Waals surface area contributed by atoms with Gasteiger partial charge in [-0.15, -0.1) is 5.10 Å². The van der Waals surface area contributed by atoms with Crippen LogP contribution in [0.1, 0.15) is 16.9 Å². The van der Waals surface area contributed by atoms with Gasteiger partial charge >= 0.3 is 5.97 Å². The molecule has 0 aliphatic carbocycles. The lowest BCUT2D eigenvalue weighted by atomic mass is 10.0. The van der Waals surface area contributed by atoms with Gasteiger partial charge in [-0.2, -0.15) is 0 Å². The summed E-state index contributed by atoms with van der Waals surface area (Å²) in [4.78, 5) is 24.1. The van der Waals surface area contributed by atoms with E-state index in [2.05, 4.69) is 9.59 Å². The third-order valence-electron chi connectivity index (χ3n) is 2.59. The molecular weight excluding hydrogens is 232 g/mol. The Morgan fingerprint density at radius 2 is 2.38 bits per heavy atom. The molecule has 2 rings (SSSR count). The number of nitrogens with zero attached hydrogens (tertiary/aromatic N) is 3. The van der Waals surface area contributed by atoms with E-state index in [1.54, 1.807) is 0 Å². The van der Waals surface area contributed by atoms with Gasteiger partial charge in [0, 0.05) is 18.5 Å². The second-order valence-electron chi connectivity index (χ2n) is 3.73. The number of likely N-dealkylation sites (tertiary alicyclic amines) is 1. The van der Waals surface area contributed by atoms with Crippen molar-refractivity contribution in [3.8, 4) is 0 Å². The van der Waals surface area contributed by atoms with Crippen LogP contribution in [0.15, 0.2) is 5.38 Å². The number of carboxylic acids is 1. The summed E-state index contributed by atoms with van der Waals surface area (Å²) < 4.78 is 3.58. The predicted octanol–water partition coefficient (Wildman–Crippen LogP) is -0.834. The van der Waals surface area contributed by atoms with Crippen molar-refractivity contribution in [3.63, 3.8) is 0 Å². The minimum atomic E-state index is -1.33. The van der Waals surface area contributed by atoms with Crippen LogP contribution in [0.5, 0.6) is 0 Å². The summed E-state index contributed by atoms with van der Waals surface area (Å²) >= 11 is 1.08. The number of aliphatic carboxylic acids is 1. The van der Waals surface area contributed by atoms with Crippen molar-refractivity contribution in [2.75, 3.05) is 13.1 Å². The minimum Gasteiger partial charge on any atom is -0.480 e. The van der Waals surface area contributed by atoms with Crippen LogP contribution in [-0.4, -0.2) is 50.1 Å². The molecule has 0 aromatic carbocycles. The second-order valence-corrected chi connectivity index (χ2v) is 4.34. The van der Waals surface area contributed by atoms with Crippen molar-refractivity contribution in [3.05, 3.63) is 11.1 Å². The molecule has 1 aromatic heterocycles. The van der Waals surface area contributed by atoms with Crippen LogP contribution in [0.3, 0.4) is 0 Å². The van der Waals surface area contributed by atoms with Crippen LogP contribution in [0, 0.1) is 0 Å². The van der Waals surface area contributed by atoms with Gasteiger partial charge in [-0.25, -0.2) is 0 Å². The lowest BCUT2D eigenvalue weighted by Crippen LogP contribution is -2.50. The molecule has 1 amide bonds. The van der Waals surface area contributed by atoms with Crippen LogP contribution in [0.4, 0.5) is 0 Å². The Labute approximate surface area is 95.0 Å². The third kappa shape index (κ3) is 1.76. The third-order valence-corrected chi connectivity index (χ3v) is 3.10. The highest BCUT2D eigenvalue weighted by atomic mass is 32.1. The molecule has 86 valence electrons. The first-order valence-electron chi connectivity index (χ1n) is 4.61. The molecule has 0 radical (unpaired) electrons. The molecule has 0 bridgehead atoms. The fourth-order valence-electron chi connectivity index (χ4n) is 1.60. The van der Waals surface area contributed by atoms with E-state index >= 15 is 0 Å². The molecule has 0 saturated carbocycles. The molecule has 1 unspecified atom stereocenters. The fraction of sp³-hybridized carbons (Fsp3) is 0.500. The van der Waals surface area contributed by atoms with Gasteiger partial charge in [0.25, 0.3) is 5.91 Å². The summed E-state index contributed by atoms with van der Waals surface area (Å²) in [6, 6.07) is 0. The van der Waals surface area contributed by atoms with Crippen molar-refractivity contribution in [2.45, 2.75) is 12.0 Å². The van der Waals surface area contributed by atoms with Crippen LogP contribution >= 0.6 is 11.5 Å². The highest BCUT2D eigenvalue weighted by Gasteiger charge is 2.43. The Hall–Kier alpha value is -1.54. The number of rotatable bonds is 2. The lowest BCUT2D eigenvalue weighted by molar-refractivity contribution is -0.142.